The van der Waals surface area contributed by atoms with Crippen molar-refractivity contribution in [2.24, 2.45) is 5.73 Å². The van der Waals surface area contributed by atoms with Crippen LogP contribution < -0.4 is 16.4 Å². The van der Waals surface area contributed by atoms with Crippen molar-refractivity contribution < 1.29 is 34.5 Å². The molecular weight excluding hydrogens is 446 g/mol. The maximum atomic E-state index is 12.7. The van der Waals surface area contributed by atoms with Crippen LogP contribution in [0.2, 0.25) is 0 Å². The van der Waals surface area contributed by atoms with E-state index < -0.39 is 61.1 Å². The minimum absolute atomic E-state index is 0.0128. The fourth-order valence-electron chi connectivity index (χ4n) is 4.05. The highest BCUT2D eigenvalue weighted by atomic mass is 16.4. The molecule has 1 saturated heterocycles. The van der Waals surface area contributed by atoms with Crippen LogP contribution in [0.3, 0.4) is 0 Å². The van der Waals surface area contributed by atoms with Crippen LogP contribution in [0.15, 0.2) is 30.5 Å². The number of nitrogens with one attached hydrogen (secondary N) is 3. The number of carbonyl (C=O) groups excluding carboxylic acids is 3. The third-order valence-corrected chi connectivity index (χ3v) is 5.88. The maximum Gasteiger partial charge on any atom is 0.326 e. The number of aromatic amines is 1. The van der Waals surface area contributed by atoms with Crippen molar-refractivity contribution in [3.05, 3.63) is 36.0 Å². The van der Waals surface area contributed by atoms with Gasteiger partial charge in [-0.3, -0.25) is 14.4 Å². The number of fused-ring (bicyclic) bond motifs is 1. The quantitative estimate of drug-likeness (QED) is 0.206. The number of H-pyrrole nitrogens is 1. The molecular formula is C22H29N5O7. The molecule has 8 N–H and O–H groups in total. The van der Waals surface area contributed by atoms with Crippen molar-refractivity contribution in [1.29, 1.82) is 0 Å². The van der Waals surface area contributed by atoms with E-state index in [0.717, 1.165) is 10.9 Å². The summed E-state index contributed by atoms with van der Waals surface area (Å²) in [5.74, 6) is -3.40. The van der Waals surface area contributed by atoms with Crippen molar-refractivity contribution in [1.82, 2.24) is 20.5 Å². The number of para-hydroxylation sites is 1. The zero-order chi connectivity index (χ0) is 24.8. The van der Waals surface area contributed by atoms with Crippen molar-refractivity contribution >= 4 is 34.6 Å². The van der Waals surface area contributed by atoms with Gasteiger partial charge in [0.15, 0.2) is 0 Å². The molecule has 1 aromatic heterocycles. The Bertz CT molecular complexity index is 1060. The molecule has 0 saturated carbocycles. The average Bonchev–Trinajstić information content (AvgIpc) is 3.48. The first-order valence-electron chi connectivity index (χ1n) is 10.9. The van der Waals surface area contributed by atoms with Gasteiger partial charge in [-0.25, -0.2) is 4.79 Å². The normalized spacial score (nSPS) is 18.3. The number of rotatable bonds is 10. The first-order chi connectivity index (χ1) is 16.3. The van der Waals surface area contributed by atoms with E-state index in [1.54, 1.807) is 6.20 Å². The van der Waals surface area contributed by atoms with Crippen LogP contribution in [-0.4, -0.2) is 92.8 Å². The van der Waals surface area contributed by atoms with Gasteiger partial charge in [0, 0.05) is 30.1 Å². The molecule has 34 heavy (non-hydrogen) atoms. The number of aliphatic carboxylic acids is 1. The van der Waals surface area contributed by atoms with Gasteiger partial charge in [-0.2, -0.15) is 0 Å². The molecule has 0 aliphatic carbocycles. The number of hydrogen-bond acceptors (Lipinski definition) is 7. The number of carbonyl (C=O) groups is 4. The highest BCUT2D eigenvalue weighted by molar-refractivity contribution is 5.94. The van der Waals surface area contributed by atoms with Crippen LogP contribution in [0, 0.1) is 0 Å². The van der Waals surface area contributed by atoms with Crippen molar-refractivity contribution in [3.63, 3.8) is 0 Å². The van der Waals surface area contributed by atoms with E-state index in [0.29, 0.717) is 18.4 Å². The Balaban J connectivity index is 1.66. The van der Waals surface area contributed by atoms with E-state index in [-0.39, 0.29) is 13.0 Å². The number of carboxylic acid groups (broad SMARTS) is 1. The van der Waals surface area contributed by atoms with Crippen LogP contribution in [0.5, 0.6) is 0 Å². The predicted octanol–water partition coefficient (Wildman–Crippen LogP) is -1.93. The second kappa shape index (κ2) is 11.1. The number of aromatic nitrogens is 1. The van der Waals surface area contributed by atoms with Gasteiger partial charge in [-0.15, -0.1) is 0 Å². The lowest BCUT2D eigenvalue weighted by Crippen LogP contribution is -2.58. The Morgan fingerprint density at radius 2 is 1.85 bits per heavy atom. The lowest BCUT2D eigenvalue weighted by atomic mass is 10.0. The molecule has 1 aliphatic heterocycles. The topological polar surface area (TPSA) is 198 Å². The molecule has 2 heterocycles. The number of nitrogens with two attached hydrogens (primary N) is 1. The Kier molecular flexibility index (Phi) is 8.21. The minimum atomic E-state index is -1.42. The molecule has 12 heteroatoms. The fourth-order valence-corrected chi connectivity index (χ4v) is 4.05. The van der Waals surface area contributed by atoms with Gasteiger partial charge in [-0.05, 0) is 24.5 Å². The number of likely N-dealkylation sites (tertiary alicyclic amines) is 1. The molecule has 3 amide bonds. The Morgan fingerprint density at radius 1 is 1.12 bits per heavy atom. The summed E-state index contributed by atoms with van der Waals surface area (Å²) in [4.78, 5) is 53.8. The van der Waals surface area contributed by atoms with Crippen LogP contribution in [0.4, 0.5) is 0 Å². The third-order valence-electron chi connectivity index (χ3n) is 5.88. The lowest BCUT2D eigenvalue weighted by Gasteiger charge is -2.27. The molecule has 3 rings (SSSR count). The molecule has 4 unspecified atom stereocenters. The molecule has 12 nitrogen and oxygen atoms in total. The number of carboxylic acids is 1. The zero-order valence-corrected chi connectivity index (χ0v) is 18.4. The van der Waals surface area contributed by atoms with Gasteiger partial charge in [0.1, 0.15) is 24.2 Å². The molecule has 0 spiro atoms. The predicted molar refractivity (Wildman–Crippen MR) is 120 cm³/mol. The van der Waals surface area contributed by atoms with E-state index in [1.165, 1.54) is 4.90 Å². The monoisotopic (exact) mass is 475 g/mol. The SMILES string of the molecule is NC(CO)C(=O)N1CCCC1C(=O)NC(CO)C(=O)NC(Cc1c[nH]c2ccccc12)C(=O)O. The Labute approximate surface area is 195 Å². The van der Waals surface area contributed by atoms with Gasteiger partial charge in [-0.1, -0.05) is 18.2 Å². The standard InChI is InChI=1S/C22H29N5O7/c23-14(10-28)21(32)27-7-3-6-18(27)20(31)26-17(11-29)19(30)25-16(22(33)34)8-12-9-24-15-5-2-1-4-13(12)15/h1-2,4-5,9,14,16-18,24,28-29H,3,6-8,10-11,23H2,(H,25,30)(H,26,31)(H,33,34). The molecule has 1 fully saturated rings. The van der Waals surface area contributed by atoms with E-state index in [4.69, 9.17) is 10.8 Å². The summed E-state index contributed by atoms with van der Waals surface area (Å²) in [5, 5.41) is 34.0. The molecule has 0 radical (unpaired) electrons. The fraction of sp³-hybridized carbons (Fsp3) is 0.455. The summed E-state index contributed by atoms with van der Waals surface area (Å²) in [6.07, 6.45) is 2.51. The summed E-state index contributed by atoms with van der Waals surface area (Å²) in [7, 11) is 0. The minimum Gasteiger partial charge on any atom is -0.480 e. The summed E-state index contributed by atoms with van der Waals surface area (Å²) >= 11 is 0. The van der Waals surface area contributed by atoms with E-state index in [2.05, 4.69) is 15.6 Å². The third kappa shape index (κ3) is 5.53. The average molecular weight is 476 g/mol. The summed E-state index contributed by atoms with van der Waals surface area (Å²) in [5.41, 5.74) is 7.08. The maximum absolute atomic E-state index is 12.7. The van der Waals surface area contributed by atoms with E-state index in [1.807, 2.05) is 24.3 Å². The summed E-state index contributed by atoms with van der Waals surface area (Å²) in [6, 6.07) is 2.54. The lowest BCUT2D eigenvalue weighted by molar-refractivity contribution is -0.143. The number of nitrogens with zero attached hydrogens (tertiary/aromatic N) is 1. The second-order valence-corrected chi connectivity index (χ2v) is 8.19. The van der Waals surface area contributed by atoms with Gasteiger partial charge < -0.3 is 41.6 Å². The van der Waals surface area contributed by atoms with Gasteiger partial charge >= 0.3 is 5.97 Å². The Hall–Kier alpha value is -3.48. The number of amides is 3. The van der Waals surface area contributed by atoms with Gasteiger partial charge in [0.25, 0.3) is 0 Å². The summed E-state index contributed by atoms with van der Waals surface area (Å²) in [6.45, 7) is -1.07. The first-order valence-corrected chi connectivity index (χ1v) is 10.9. The van der Waals surface area contributed by atoms with Crippen LogP contribution in [0.1, 0.15) is 18.4 Å². The highest BCUT2D eigenvalue weighted by Gasteiger charge is 2.37. The number of hydrogen-bond donors (Lipinski definition) is 7. The largest absolute Gasteiger partial charge is 0.480 e. The van der Waals surface area contributed by atoms with E-state index in [9.17, 15) is 29.4 Å². The molecule has 4 atom stereocenters. The van der Waals surface area contributed by atoms with Crippen molar-refractivity contribution in [2.75, 3.05) is 19.8 Å². The van der Waals surface area contributed by atoms with Gasteiger partial charge in [0.2, 0.25) is 17.7 Å². The van der Waals surface area contributed by atoms with Crippen LogP contribution in [0.25, 0.3) is 10.9 Å². The number of aliphatic hydroxyl groups is 2. The molecule has 0 bridgehead atoms. The smallest absolute Gasteiger partial charge is 0.326 e. The molecule has 1 aliphatic rings. The van der Waals surface area contributed by atoms with Crippen molar-refractivity contribution in [3.8, 4) is 0 Å². The molecule has 1 aromatic carbocycles. The van der Waals surface area contributed by atoms with Crippen molar-refractivity contribution in [2.45, 2.75) is 43.4 Å². The summed E-state index contributed by atoms with van der Waals surface area (Å²) < 4.78 is 0. The van der Waals surface area contributed by atoms with Crippen LogP contribution >= 0.6 is 0 Å². The Morgan fingerprint density at radius 3 is 2.53 bits per heavy atom. The second-order valence-electron chi connectivity index (χ2n) is 8.19. The number of benzene rings is 1. The van der Waals surface area contributed by atoms with E-state index >= 15 is 0 Å². The van der Waals surface area contributed by atoms with Gasteiger partial charge in [0.05, 0.1) is 13.2 Å². The first kappa shape index (κ1) is 25.1. The molecule has 2 aromatic rings. The van der Waals surface area contributed by atoms with Crippen LogP contribution in [-0.2, 0) is 25.6 Å². The highest BCUT2D eigenvalue weighted by Crippen LogP contribution is 2.20. The zero-order valence-electron chi connectivity index (χ0n) is 18.4. The molecule has 184 valence electrons. The number of aliphatic hydroxyl groups excluding tert-OH is 2.